The molecule has 1 N–H and O–H groups in total. The summed E-state index contributed by atoms with van der Waals surface area (Å²) < 4.78 is 0. The van der Waals surface area contributed by atoms with Gasteiger partial charge in [-0.15, -0.1) is 0 Å². The van der Waals surface area contributed by atoms with E-state index in [1.807, 2.05) is 36.4 Å². The van der Waals surface area contributed by atoms with Crippen LogP contribution in [0.2, 0.25) is 0 Å². The van der Waals surface area contributed by atoms with Gasteiger partial charge < -0.3 is 15.1 Å². The molecule has 2 heterocycles. The van der Waals surface area contributed by atoms with E-state index in [4.69, 9.17) is 0 Å². The number of amides is 2. The van der Waals surface area contributed by atoms with E-state index in [2.05, 4.69) is 22.1 Å². The number of carbonyl (C=O) groups is 2. The number of carbonyl (C=O) groups excluding carboxylic acids is 2. The van der Waals surface area contributed by atoms with Crippen molar-refractivity contribution in [3.8, 4) is 0 Å². The van der Waals surface area contributed by atoms with Crippen LogP contribution in [0.15, 0.2) is 48.8 Å². The Hall–Kier alpha value is -2.89. The highest BCUT2D eigenvalue weighted by Gasteiger charge is 2.18. The van der Waals surface area contributed by atoms with Gasteiger partial charge in [0.1, 0.15) is 6.54 Å². The molecule has 1 saturated heterocycles. The van der Waals surface area contributed by atoms with Crippen LogP contribution in [-0.4, -0.2) is 36.4 Å². The summed E-state index contributed by atoms with van der Waals surface area (Å²) in [5, 5.41) is 2.84. The molecule has 1 fully saturated rings. The minimum absolute atomic E-state index is 0.00380. The van der Waals surface area contributed by atoms with E-state index < -0.39 is 0 Å². The van der Waals surface area contributed by atoms with Gasteiger partial charge in [-0.2, -0.15) is 0 Å². The minimum atomic E-state index is -0.201. The molecule has 0 spiro atoms. The molecule has 6 heteroatoms. The lowest BCUT2D eigenvalue weighted by Gasteiger charge is -2.32. The molecule has 2 amide bonds. The summed E-state index contributed by atoms with van der Waals surface area (Å²) >= 11 is 0. The average molecular weight is 380 g/mol. The summed E-state index contributed by atoms with van der Waals surface area (Å²) in [6, 6.07) is 11.6. The molecule has 1 aromatic carbocycles. The highest BCUT2D eigenvalue weighted by molar-refractivity contribution is 5.97. The molecule has 1 aromatic heterocycles. The quantitative estimate of drug-likeness (QED) is 0.837. The molecular formula is C22H28N4O2. The molecule has 0 aliphatic carbocycles. The van der Waals surface area contributed by atoms with E-state index in [0.717, 1.165) is 30.3 Å². The molecule has 1 aliphatic heterocycles. The normalized spacial score (nSPS) is 14.6. The lowest BCUT2D eigenvalue weighted by atomic mass is 9.99. The fourth-order valence-electron chi connectivity index (χ4n) is 3.40. The highest BCUT2D eigenvalue weighted by Crippen LogP contribution is 2.25. The molecule has 3 rings (SSSR count). The minimum Gasteiger partial charge on any atom is -0.372 e. The van der Waals surface area contributed by atoms with Crippen LogP contribution in [0.4, 0.5) is 11.4 Å². The molecule has 148 valence electrons. The number of hydrogen-bond acceptors (Lipinski definition) is 4. The summed E-state index contributed by atoms with van der Waals surface area (Å²) in [5.74, 6) is 0.429. The molecule has 28 heavy (non-hydrogen) atoms. The number of nitrogens with one attached hydrogen (secondary N) is 1. The first-order valence-corrected chi connectivity index (χ1v) is 9.81. The van der Waals surface area contributed by atoms with Crippen LogP contribution in [0, 0.1) is 5.92 Å². The monoisotopic (exact) mass is 380 g/mol. The van der Waals surface area contributed by atoms with Crippen LogP contribution in [0.25, 0.3) is 0 Å². The third-order valence-corrected chi connectivity index (χ3v) is 5.20. The van der Waals surface area contributed by atoms with E-state index in [9.17, 15) is 9.59 Å². The molecule has 2 aromatic rings. The second-order valence-corrected chi connectivity index (χ2v) is 7.43. The third kappa shape index (κ3) is 5.31. The van der Waals surface area contributed by atoms with Crippen molar-refractivity contribution in [2.75, 3.05) is 29.4 Å². The topological polar surface area (TPSA) is 65.5 Å². The number of rotatable bonds is 6. The van der Waals surface area contributed by atoms with Gasteiger partial charge in [0.15, 0.2) is 0 Å². The van der Waals surface area contributed by atoms with Crippen LogP contribution in [-0.2, 0) is 16.1 Å². The van der Waals surface area contributed by atoms with E-state index in [1.165, 1.54) is 30.4 Å². The largest absolute Gasteiger partial charge is 0.372 e. The van der Waals surface area contributed by atoms with Crippen LogP contribution in [0.3, 0.4) is 0 Å². The number of benzene rings is 1. The van der Waals surface area contributed by atoms with Crippen molar-refractivity contribution in [1.29, 1.82) is 0 Å². The zero-order valence-electron chi connectivity index (χ0n) is 16.6. The van der Waals surface area contributed by atoms with E-state index in [0.29, 0.717) is 6.54 Å². The zero-order chi connectivity index (χ0) is 19.9. The summed E-state index contributed by atoms with van der Waals surface area (Å²) in [4.78, 5) is 32.3. The second-order valence-electron chi connectivity index (χ2n) is 7.43. The van der Waals surface area contributed by atoms with Crippen LogP contribution in [0.1, 0.15) is 32.3 Å². The standard InChI is InChI=1S/C22H28N4O2/c1-17-9-12-25(13-10-17)20-5-7-21(8-6-20)26(18(2)27)16-22(28)24-15-19-4-3-11-23-14-19/h3-8,11,14,17H,9-10,12-13,15-16H2,1-2H3,(H,24,28). The van der Waals surface area contributed by atoms with Gasteiger partial charge in [-0.25, -0.2) is 0 Å². The maximum absolute atomic E-state index is 12.3. The SMILES string of the molecule is CC(=O)N(CC(=O)NCc1cccnc1)c1ccc(N2CCC(C)CC2)cc1. The van der Waals surface area contributed by atoms with Crippen LogP contribution in [0.5, 0.6) is 0 Å². The number of pyridine rings is 1. The maximum Gasteiger partial charge on any atom is 0.240 e. The van der Waals surface area contributed by atoms with E-state index >= 15 is 0 Å². The van der Waals surface area contributed by atoms with Crippen LogP contribution < -0.4 is 15.1 Å². The Labute approximate surface area is 166 Å². The van der Waals surface area contributed by atoms with Crippen molar-refractivity contribution < 1.29 is 9.59 Å². The summed E-state index contributed by atoms with van der Waals surface area (Å²) in [6.07, 6.45) is 5.82. The fraction of sp³-hybridized carbons (Fsp3) is 0.409. The summed E-state index contributed by atoms with van der Waals surface area (Å²) in [6.45, 7) is 6.29. The Morgan fingerprint density at radius 3 is 2.50 bits per heavy atom. The first-order valence-electron chi connectivity index (χ1n) is 9.81. The van der Waals surface area contributed by atoms with Crippen molar-refractivity contribution >= 4 is 23.2 Å². The number of aromatic nitrogens is 1. The first kappa shape index (κ1) is 19.9. The lowest BCUT2D eigenvalue weighted by molar-refractivity contribution is -0.123. The van der Waals surface area contributed by atoms with Crippen molar-refractivity contribution in [3.05, 3.63) is 54.4 Å². The Morgan fingerprint density at radius 2 is 1.89 bits per heavy atom. The van der Waals surface area contributed by atoms with Gasteiger partial charge in [0.05, 0.1) is 0 Å². The molecule has 0 saturated carbocycles. The Balaban J connectivity index is 1.60. The Bertz CT molecular complexity index is 784. The van der Waals surface area contributed by atoms with Gasteiger partial charge in [0.25, 0.3) is 0 Å². The van der Waals surface area contributed by atoms with Gasteiger partial charge in [0, 0.05) is 50.3 Å². The molecule has 0 radical (unpaired) electrons. The predicted octanol–water partition coefficient (Wildman–Crippen LogP) is 2.99. The van der Waals surface area contributed by atoms with Gasteiger partial charge in [-0.1, -0.05) is 13.0 Å². The molecule has 0 bridgehead atoms. The number of hydrogen-bond donors (Lipinski definition) is 1. The molecular weight excluding hydrogens is 352 g/mol. The number of anilines is 2. The second kappa shape index (κ2) is 9.35. The van der Waals surface area contributed by atoms with Crippen molar-refractivity contribution in [1.82, 2.24) is 10.3 Å². The Kier molecular flexibility index (Phi) is 6.63. The van der Waals surface area contributed by atoms with Crippen LogP contribution >= 0.6 is 0 Å². The Morgan fingerprint density at radius 1 is 1.18 bits per heavy atom. The first-order chi connectivity index (χ1) is 13.5. The average Bonchev–Trinajstić information content (AvgIpc) is 2.72. The van der Waals surface area contributed by atoms with E-state index in [1.54, 1.807) is 12.4 Å². The maximum atomic E-state index is 12.3. The van der Waals surface area contributed by atoms with Gasteiger partial charge in [-0.05, 0) is 54.7 Å². The third-order valence-electron chi connectivity index (χ3n) is 5.20. The van der Waals surface area contributed by atoms with Crippen molar-refractivity contribution in [2.45, 2.75) is 33.2 Å². The molecule has 1 aliphatic rings. The molecule has 6 nitrogen and oxygen atoms in total. The highest BCUT2D eigenvalue weighted by atomic mass is 16.2. The zero-order valence-corrected chi connectivity index (χ0v) is 16.6. The number of nitrogens with zero attached hydrogens (tertiary/aromatic N) is 3. The lowest BCUT2D eigenvalue weighted by Crippen LogP contribution is -2.39. The summed E-state index contributed by atoms with van der Waals surface area (Å²) in [5.41, 5.74) is 2.82. The van der Waals surface area contributed by atoms with Gasteiger partial charge >= 0.3 is 0 Å². The fourth-order valence-corrected chi connectivity index (χ4v) is 3.40. The van der Waals surface area contributed by atoms with Crippen molar-refractivity contribution in [3.63, 3.8) is 0 Å². The van der Waals surface area contributed by atoms with E-state index in [-0.39, 0.29) is 18.4 Å². The van der Waals surface area contributed by atoms with Gasteiger partial charge in [-0.3, -0.25) is 14.6 Å². The smallest absolute Gasteiger partial charge is 0.240 e. The van der Waals surface area contributed by atoms with Crippen molar-refractivity contribution in [2.24, 2.45) is 5.92 Å². The molecule has 0 atom stereocenters. The number of piperidine rings is 1. The van der Waals surface area contributed by atoms with Gasteiger partial charge in [0.2, 0.25) is 11.8 Å². The summed E-state index contributed by atoms with van der Waals surface area (Å²) in [7, 11) is 0. The molecule has 0 unspecified atom stereocenters. The predicted molar refractivity (Wildman–Crippen MR) is 111 cm³/mol.